The van der Waals surface area contributed by atoms with Crippen LogP contribution in [0.25, 0.3) is 11.1 Å². The maximum absolute atomic E-state index is 11.4. The van der Waals surface area contributed by atoms with Crippen molar-refractivity contribution in [3.63, 3.8) is 0 Å². The van der Waals surface area contributed by atoms with E-state index in [4.69, 9.17) is 10.5 Å². The third-order valence-corrected chi connectivity index (χ3v) is 9.94. The molecule has 2 aliphatic rings. The summed E-state index contributed by atoms with van der Waals surface area (Å²) in [6.07, 6.45) is 3.90. The van der Waals surface area contributed by atoms with E-state index >= 15 is 0 Å². The van der Waals surface area contributed by atoms with Crippen molar-refractivity contribution in [2.75, 3.05) is 13.2 Å². The van der Waals surface area contributed by atoms with E-state index in [2.05, 4.69) is 39.9 Å². The Hall–Kier alpha value is -3.58. The zero-order valence-electron chi connectivity index (χ0n) is 27.8. The normalized spacial score (nSPS) is 19.1. The topological polar surface area (TPSA) is 190 Å². The van der Waals surface area contributed by atoms with Crippen LogP contribution in [-0.4, -0.2) is 79.7 Å². The highest BCUT2D eigenvalue weighted by atomic mass is 16.5. The lowest BCUT2D eigenvalue weighted by atomic mass is 9.78. The number of para-hydroxylation sites is 1. The molecular weight excluding hydrogens is 612 g/mol. The van der Waals surface area contributed by atoms with Crippen LogP contribution >= 0.6 is 0 Å². The molecule has 3 aromatic rings. The number of aliphatic hydroxyl groups excluding tert-OH is 4. The number of rotatable bonds is 18. The molecule has 9 N–H and O–H groups in total. The average Bonchev–Trinajstić information content (AvgIpc) is 4.04. The van der Waals surface area contributed by atoms with Crippen LogP contribution < -0.4 is 21.1 Å². The first-order valence-corrected chi connectivity index (χ1v) is 17.0. The number of aromatic nitrogens is 1. The van der Waals surface area contributed by atoms with Gasteiger partial charge in [0.05, 0.1) is 12.7 Å². The van der Waals surface area contributed by atoms with E-state index in [1.807, 2.05) is 50.5 Å². The maximum Gasteiger partial charge on any atom is 0.312 e. The highest BCUT2D eigenvalue weighted by molar-refractivity contribution is 5.74. The third kappa shape index (κ3) is 8.16. The molecule has 0 saturated heterocycles. The molecule has 2 saturated carbocycles. The van der Waals surface area contributed by atoms with Crippen molar-refractivity contribution in [1.29, 1.82) is 0 Å². The van der Waals surface area contributed by atoms with Crippen LogP contribution in [0.2, 0.25) is 0 Å². The predicted octanol–water partition coefficient (Wildman–Crippen LogP) is 3.13. The van der Waals surface area contributed by atoms with Crippen molar-refractivity contribution < 1.29 is 35.1 Å². The molecule has 11 heteroatoms. The van der Waals surface area contributed by atoms with Crippen LogP contribution in [0.3, 0.4) is 0 Å². The van der Waals surface area contributed by atoms with Gasteiger partial charge in [0.15, 0.2) is 0 Å². The van der Waals surface area contributed by atoms with Gasteiger partial charge in [0.25, 0.3) is 0 Å². The molecule has 2 aromatic carbocycles. The van der Waals surface area contributed by atoms with Crippen LogP contribution in [-0.2, 0) is 12.1 Å². The lowest BCUT2D eigenvalue weighted by Crippen LogP contribution is -2.60. The Morgan fingerprint density at radius 1 is 1.12 bits per heavy atom. The molecule has 1 unspecified atom stereocenters. The summed E-state index contributed by atoms with van der Waals surface area (Å²) >= 11 is 0. The van der Waals surface area contributed by atoms with E-state index in [9.17, 15) is 30.3 Å². The lowest BCUT2D eigenvalue weighted by molar-refractivity contribution is -0.188. The number of aryl methyl sites for hydroxylation is 1. The molecule has 260 valence electrons. The molecule has 11 nitrogen and oxygen atoms in total. The molecule has 1 heterocycles. The summed E-state index contributed by atoms with van der Waals surface area (Å²) in [7, 11) is 0. The number of amides is 2. The number of ether oxygens (including phenoxy) is 1. The summed E-state index contributed by atoms with van der Waals surface area (Å²) in [6.45, 7) is 3.42. The Morgan fingerprint density at radius 3 is 2.54 bits per heavy atom. The first-order valence-electron chi connectivity index (χ1n) is 17.0. The summed E-state index contributed by atoms with van der Waals surface area (Å²) in [5, 5.41) is 59.1. The van der Waals surface area contributed by atoms with Crippen molar-refractivity contribution in [1.82, 2.24) is 15.6 Å². The standard InChI is InChI=1S/C37H50N4O7/c1-3-24(12-14-37(47,33(44)22-42)34(45)31(43)21-40-35(38)46)27-11-8-23(2)18-25(27)19-41-36(15-16-36)30-20-39-17-13-28(30)29-6-4-5-7-32(29)48-26-9-10-26/h4-8,11,13,17-18,20,24,26,31,33-34,41-45,47H,3,9-10,12,14-16,19,21-22H2,1-2H3,(H3,38,40,46)/t24?,31-,33+,34+,37+/m0/s1. The number of urea groups is 1. The lowest BCUT2D eigenvalue weighted by Gasteiger charge is -2.39. The van der Waals surface area contributed by atoms with Crippen LogP contribution in [0.5, 0.6) is 5.75 Å². The number of carbonyl (C=O) groups is 1. The SMILES string of the molecule is CCC(CC[C@@](O)([C@H](O)CO)[C@H](O)[C@@H](O)CNC(N)=O)c1ccc(C)cc1CNC1(c2cnccc2-c2ccccc2OC2CC2)CC1. The molecular formula is C37H50N4O7. The Labute approximate surface area is 282 Å². The van der Waals surface area contributed by atoms with E-state index in [-0.39, 0.29) is 24.0 Å². The van der Waals surface area contributed by atoms with E-state index in [1.54, 1.807) is 0 Å². The van der Waals surface area contributed by atoms with Crippen molar-refractivity contribution in [3.8, 4) is 16.9 Å². The molecule has 1 aromatic heterocycles. The van der Waals surface area contributed by atoms with Crippen LogP contribution in [0.1, 0.15) is 80.0 Å². The summed E-state index contributed by atoms with van der Waals surface area (Å²) < 4.78 is 6.27. The van der Waals surface area contributed by atoms with Crippen molar-refractivity contribution in [2.24, 2.45) is 5.73 Å². The van der Waals surface area contributed by atoms with Gasteiger partial charge in [0.1, 0.15) is 29.7 Å². The Kier molecular flexibility index (Phi) is 11.4. The number of hydrogen-bond donors (Lipinski definition) is 8. The number of aliphatic hydroxyl groups is 5. The van der Waals surface area contributed by atoms with Gasteiger partial charge in [-0.25, -0.2) is 4.79 Å². The van der Waals surface area contributed by atoms with Crippen molar-refractivity contribution in [3.05, 3.63) is 83.2 Å². The monoisotopic (exact) mass is 662 g/mol. The fourth-order valence-corrected chi connectivity index (χ4v) is 6.69. The number of nitrogens with two attached hydrogens (primary N) is 1. The number of carbonyl (C=O) groups excluding carboxylic acids is 1. The molecule has 0 bridgehead atoms. The van der Waals surface area contributed by atoms with Crippen molar-refractivity contribution in [2.45, 2.75) is 107 Å². The molecule has 2 aliphatic carbocycles. The van der Waals surface area contributed by atoms with E-state index < -0.39 is 43.1 Å². The van der Waals surface area contributed by atoms with Gasteiger partial charge in [-0.05, 0) is 92.2 Å². The molecule has 0 spiro atoms. The van der Waals surface area contributed by atoms with E-state index in [1.165, 1.54) is 0 Å². The van der Waals surface area contributed by atoms with Crippen LogP contribution in [0.15, 0.2) is 60.9 Å². The second-order valence-corrected chi connectivity index (χ2v) is 13.5. The van der Waals surface area contributed by atoms with Gasteiger partial charge in [-0.1, -0.05) is 48.9 Å². The second kappa shape index (κ2) is 15.3. The highest BCUT2D eigenvalue weighted by Gasteiger charge is 2.47. The average molecular weight is 663 g/mol. The summed E-state index contributed by atoms with van der Waals surface area (Å²) in [6, 6.07) is 15.6. The number of benzene rings is 2. The van der Waals surface area contributed by atoms with E-state index in [0.717, 1.165) is 64.8 Å². The quantitative estimate of drug-likeness (QED) is 0.101. The van der Waals surface area contributed by atoms with Gasteiger partial charge in [0.2, 0.25) is 0 Å². The van der Waals surface area contributed by atoms with Gasteiger partial charge < -0.3 is 46.6 Å². The number of pyridine rings is 1. The molecule has 5 atom stereocenters. The minimum atomic E-state index is -2.24. The summed E-state index contributed by atoms with van der Waals surface area (Å²) in [5.74, 6) is 0.825. The van der Waals surface area contributed by atoms with Gasteiger partial charge in [-0.15, -0.1) is 0 Å². The Morgan fingerprint density at radius 2 is 1.88 bits per heavy atom. The first kappa shape index (κ1) is 35.7. The third-order valence-electron chi connectivity index (χ3n) is 9.94. The fourth-order valence-electron chi connectivity index (χ4n) is 6.69. The molecule has 2 amide bonds. The van der Waals surface area contributed by atoms with Gasteiger partial charge >= 0.3 is 6.03 Å². The number of nitrogens with zero attached hydrogens (tertiary/aromatic N) is 1. The Bertz CT molecular complexity index is 1550. The summed E-state index contributed by atoms with van der Waals surface area (Å²) in [5.41, 5.74) is 9.19. The molecule has 0 aliphatic heterocycles. The minimum absolute atomic E-state index is 0.0662. The van der Waals surface area contributed by atoms with Crippen LogP contribution in [0, 0.1) is 6.92 Å². The van der Waals surface area contributed by atoms with Gasteiger partial charge in [-0.3, -0.25) is 4.98 Å². The second-order valence-electron chi connectivity index (χ2n) is 13.5. The Balaban J connectivity index is 1.35. The zero-order chi connectivity index (χ0) is 34.5. The highest BCUT2D eigenvalue weighted by Crippen LogP contribution is 2.50. The number of nitrogens with one attached hydrogen (secondary N) is 2. The minimum Gasteiger partial charge on any atom is -0.490 e. The zero-order valence-corrected chi connectivity index (χ0v) is 27.8. The largest absolute Gasteiger partial charge is 0.490 e. The molecule has 0 radical (unpaired) electrons. The van der Waals surface area contributed by atoms with E-state index in [0.29, 0.717) is 19.4 Å². The first-order chi connectivity index (χ1) is 23.0. The smallest absolute Gasteiger partial charge is 0.312 e. The predicted molar refractivity (Wildman–Crippen MR) is 182 cm³/mol. The molecule has 48 heavy (non-hydrogen) atoms. The fraction of sp³-hybridized carbons (Fsp3) is 0.514. The van der Waals surface area contributed by atoms with Crippen molar-refractivity contribution >= 4 is 6.03 Å². The maximum atomic E-state index is 11.4. The van der Waals surface area contributed by atoms with Gasteiger partial charge in [0, 0.05) is 36.6 Å². The van der Waals surface area contributed by atoms with Crippen LogP contribution in [0.4, 0.5) is 4.79 Å². The molecule has 5 rings (SSSR count). The molecule has 2 fully saturated rings. The summed E-state index contributed by atoms with van der Waals surface area (Å²) in [4.78, 5) is 15.6. The number of primary amides is 1. The number of hydrogen-bond acceptors (Lipinski definition) is 9. The van der Waals surface area contributed by atoms with Gasteiger partial charge in [-0.2, -0.15) is 0 Å².